The molecule has 1 fully saturated rings. The predicted molar refractivity (Wildman–Crippen MR) is 71.8 cm³/mol. The van der Waals surface area contributed by atoms with Gasteiger partial charge in [-0.15, -0.1) is 0 Å². The number of carbonyl (C=O) groups excluding carboxylic acids is 1. The summed E-state index contributed by atoms with van der Waals surface area (Å²) < 4.78 is 4.61. The number of nitrogens with one attached hydrogen (secondary N) is 1. The van der Waals surface area contributed by atoms with Gasteiger partial charge in [-0.25, -0.2) is 14.8 Å². The Labute approximate surface area is 112 Å². The minimum atomic E-state index is -0.534. The van der Waals surface area contributed by atoms with Crippen LogP contribution in [-0.4, -0.2) is 35.1 Å². The lowest BCUT2D eigenvalue weighted by atomic mass is 10.0. The summed E-state index contributed by atoms with van der Waals surface area (Å²) in [7, 11) is 1.31. The summed E-state index contributed by atoms with van der Waals surface area (Å²) in [6.45, 7) is 0. The van der Waals surface area contributed by atoms with Gasteiger partial charge >= 0.3 is 5.97 Å². The quantitative estimate of drug-likeness (QED) is 0.632. The van der Waals surface area contributed by atoms with Gasteiger partial charge < -0.3 is 15.8 Å². The number of esters is 1. The Balaban J connectivity index is 2.07. The first-order chi connectivity index (χ1) is 9.20. The van der Waals surface area contributed by atoms with E-state index >= 15 is 0 Å². The minimum absolute atomic E-state index is 0.0645. The standard InChI is InChI=1S/C13H20N4O2/c1-19-13(18)12-15-8-7-11(17-12)16-10-6-4-2-3-5-9(10)14/h7-10H,2-6,14H2,1H3,(H,15,16,17). The van der Waals surface area contributed by atoms with Crippen LogP contribution in [0.4, 0.5) is 5.82 Å². The fourth-order valence-corrected chi connectivity index (χ4v) is 2.33. The van der Waals surface area contributed by atoms with Gasteiger partial charge in [-0.2, -0.15) is 0 Å². The van der Waals surface area contributed by atoms with Gasteiger partial charge in [0.15, 0.2) is 0 Å². The molecule has 6 nitrogen and oxygen atoms in total. The van der Waals surface area contributed by atoms with Crippen molar-refractivity contribution >= 4 is 11.8 Å². The van der Waals surface area contributed by atoms with E-state index in [4.69, 9.17) is 5.73 Å². The van der Waals surface area contributed by atoms with Gasteiger partial charge in [0.25, 0.3) is 0 Å². The maximum absolute atomic E-state index is 11.4. The van der Waals surface area contributed by atoms with Gasteiger partial charge in [-0.1, -0.05) is 19.3 Å². The van der Waals surface area contributed by atoms with Crippen molar-refractivity contribution in [2.45, 2.75) is 44.2 Å². The Morgan fingerprint density at radius 3 is 3.00 bits per heavy atom. The highest BCUT2D eigenvalue weighted by atomic mass is 16.5. The number of aromatic nitrogens is 2. The van der Waals surface area contributed by atoms with E-state index in [0.29, 0.717) is 5.82 Å². The molecule has 0 saturated heterocycles. The Bertz CT molecular complexity index is 438. The molecular weight excluding hydrogens is 244 g/mol. The Morgan fingerprint density at radius 2 is 2.21 bits per heavy atom. The number of nitrogens with zero attached hydrogens (tertiary/aromatic N) is 2. The predicted octanol–water partition coefficient (Wildman–Crippen LogP) is 1.34. The number of methoxy groups -OCH3 is 1. The molecule has 3 N–H and O–H groups in total. The lowest BCUT2D eigenvalue weighted by Crippen LogP contribution is -2.39. The average molecular weight is 264 g/mol. The first-order valence-electron chi connectivity index (χ1n) is 6.64. The molecule has 0 radical (unpaired) electrons. The molecule has 19 heavy (non-hydrogen) atoms. The molecule has 6 heteroatoms. The number of rotatable bonds is 3. The first-order valence-corrected chi connectivity index (χ1v) is 6.64. The van der Waals surface area contributed by atoms with Gasteiger partial charge in [-0.3, -0.25) is 0 Å². The maximum Gasteiger partial charge on any atom is 0.376 e. The van der Waals surface area contributed by atoms with Crippen molar-refractivity contribution in [3.8, 4) is 0 Å². The fourth-order valence-electron chi connectivity index (χ4n) is 2.33. The molecule has 2 atom stereocenters. The van der Waals surface area contributed by atoms with Crippen LogP contribution in [0.5, 0.6) is 0 Å². The smallest absolute Gasteiger partial charge is 0.376 e. The highest BCUT2D eigenvalue weighted by Crippen LogP contribution is 2.19. The summed E-state index contributed by atoms with van der Waals surface area (Å²) in [6, 6.07) is 2.06. The molecule has 2 rings (SSSR count). The molecule has 1 aromatic rings. The topological polar surface area (TPSA) is 90.1 Å². The van der Waals surface area contributed by atoms with Crippen molar-refractivity contribution < 1.29 is 9.53 Å². The van der Waals surface area contributed by atoms with E-state index in [1.165, 1.54) is 26.4 Å². The highest BCUT2D eigenvalue weighted by molar-refractivity contribution is 5.85. The largest absolute Gasteiger partial charge is 0.463 e. The third kappa shape index (κ3) is 3.64. The van der Waals surface area contributed by atoms with Crippen molar-refractivity contribution in [1.29, 1.82) is 0 Å². The molecule has 1 aliphatic rings. The van der Waals surface area contributed by atoms with Crippen LogP contribution in [-0.2, 0) is 4.74 Å². The summed E-state index contributed by atoms with van der Waals surface area (Å²) >= 11 is 0. The molecule has 0 bridgehead atoms. The van der Waals surface area contributed by atoms with E-state index in [0.717, 1.165) is 12.8 Å². The number of nitrogens with two attached hydrogens (primary N) is 1. The van der Waals surface area contributed by atoms with Crippen LogP contribution in [0.15, 0.2) is 12.3 Å². The molecule has 0 aromatic carbocycles. The lowest BCUT2D eigenvalue weighted by Gasteiger charge is -2.23. The number of hydrogen-bond acceptors (Lipinski definition) is 6. The summed E-state index contributed by atoms with van der Waals surface area (Å²) in [4.78, 5) is 19.4. The van der Waals surface area contributed by atoms with Crippen LogP contribution in [0.1, 0.15) is 42.7 Å². The molecule has 1 aliphatic carbocycles. The monoisotopic (exact) mass is 264 g/mol. The highest BCUT2D eigenvalue weighted by Gasteiger charge is 2.21. The molecule has 0 amide bonds. The molecule has 104 valence electrons. The Morgan fingerprint density at radius 1 is 1.42 bits per heavy atom. The van der Waals surface area contributed by atoms with E-state index in [2.05, 4.69) is 20.0 Å². The Hall–Kier alpha value is -1.69. The number of anilines is 1. The molecule has 1 saturated carbocycles. The van der Waals surface area contributed by atoms with Crippen molar-refractivity contribution in [3.05, 3.63) is 18.1 Å². The zero-order chi connectivity index (χ0) is 13.7. The van der Waals surface area contributed by atoms with Gasteiger partial charge in [0, 0.05) is 18.3 Å². The molecule has 2 unspecified atom stereocenters. The Kier molecular flexibility index (Phi) is 4.68. The second-order valence-corrected chi connectivity index (χ2v) is 4.81. The average Bonchev–Trinajstić information content (AvgIpc) is 2.64. The minimum Gasteiger partial charge on any atom is -0.463 e. The van der Waals surface area contributed by atoms with Crippen LogP contribution in [0.3, 0.4) is 0 Å². The third-order valence-corrected chi connectivity index (χ3v) is 3.43. The maximum atomic E-state index is 11.4. The van der Waals surface area contributed by atoms with Crippen molar-refractivity contribution in [1.82, 2.24) is 9.97 Å². The summed E-state index contributed by atoms with van der Waals surface area (Å²) in [6.07, 6.45) is 7.16. The van der Waals surface area contributed by atoms with E-state index in [1.807, 2.05) is 0 Å². The normalized spacial score (nSPS) is 23.5. The van der Waals surface area contributed by atoms with E-state index in [-0.39, 0.29) is 17.9 Å². The second-order valence-electron chi connectivity index (χ2n) is 4.81. The summed E-state index contributed by atoms with van der Waals surface area (Å²) in [5.41, 5.74) is 6.15. The van der Waals surface area contributed by atoms with E-state index < -0.39 is 5.97 Å². The third-order valence-electron chi connectivity index (χ3n) is 3.43. The van der Waals surface area contributed by atoms with Crippen LogP contribution in [0.25, 0.3) is 0 Å². The van der Waals surface area contributed by atoms with Gasteiger partial charge in [-0.05, 0) is 18.9 Å². The van der Waals surface area contributed by atoms with Crippen molar-refractivity contribution in [2.24, 2.45) is 5.73 Å². The molecule has 1 heterocycles. The lowest BCUT2D eigenvalue weighted by molar-refractivity contribution is 0.0587. The summed E-state index contributed by atoms with van der Waals surface area (Å²) in [5, 5.41) is 3.31. The van der Waals surface area contributed by atoms with Crippen LogP contribution in [0.2, 0.25) is 0 Å². The number of ether oxygens (including phenoxy) is 1. The fraction of sp³-hybridized carbons (Fsp3) is 0.615. The molecule has 1 aromatic heterocycles. The van der Waals surface area contributed by atoms with Crippen LogP contribution < -0.4 is 11.1 Å². The van der Waals surface area contributed by atoms with Crippen LogP contribution in [0, 0.1) is 0 Å². The first kappa shape index (κ1) is 13.7. The zero-order valence-electron chi connectivity index (χ0n) is 11.1. The second kappa shape index (κ2) is 6.47. The molecule has 0 aliphatic heterocycles. The molecule has 0 spiro atoms. The van der Waals surface area contributed by atoms with Gasteiger partial charge in [0.2, 0.25) is 5.82 Å². The van der Waals surface area contributed by atoms with Gasteiger partial charge in [0.1, 0.15) is 5.82 Å². The van der Waals surface area contributed by atoms with Crippen molar-refractivity contribution in [2.75, 3.05) is 12.4 Å². The van der Waals surface area contributed by atoms with Gasteiger partial charge in [0.05, 0.1) is 7.11 Å². The number of carbonyl (C=O) groups is 1. The zero-order valence-corrected chi connectivity index (χ0v) is 11.1. The van der Waals surface area contributed by atoms with E-state index in [9.17, 15) is 4.79 Å². The number of hydrogen-bond donors (Lipinski definition) is 2. The summed E-state index contributed by atoms with van der Waals surface area (Å²) in [5.74, 6) is 0.154. The van der Waals surface area contributed by atoms with E-state index in [1.54, 1.807) is 12.3 Å². The van der Waals surface area contributed by atoms with Crippen LogP contribution >= 0.6 is 0 Å². The van der Waals surface area contributed by atoms with Crippen molar-refractivity contribution in [3.63, 3.8) is 0 Å². The molecular formula is C13H20N4O2. The SMILES string of the molecule is COC(=O)c1nccc(NC2CCCCCC2N)n1.